The summed E-state index contributed by atoms with van der Waals surface area (Å²) in [6.45, 7) is 19.3. The molecule has 2 amide bonds. The third kappa shape index (κ3) is 10.3. The monoisotopic (exact) mass is 601 g/mol. The molecule has 2 atom stereocenters. The van der Waals surface area contributed by atoms with E-state index in [1.54, 1.807) is 23.1 Å². The van der Waals surface area contributed by atoms with Crippen molar-refractivity contribution in [1.29, 1.82) is 0 Å². The van der Waals surface area contributed by atoms with Gasteiger partial charge in [-0.3, -0.25) is 9.59 Å². The summed E-state index contributed by atoms with van der Waals surface area (Å²) in [4.78, 5) is 34.9. The number of methoxy groups -OCH3 is 1. The molecule has 0 aliphatic carbocycles. The lowest BCUT2D eigenvalue weighted by Gasteiger charge is -2.33. The number of carbonyl (C=O) groups excluding carboxylic acids is 2. The summed E-state index contributed by atoms with van der Waals surface area (Å²) in [5.74, 6) is -3.56. The highest BCUT2D eigenvalue weighted by molar-refractivity contribution is 5.99. The van der Waals surface area contributed by atoms with E-state index in [1.165, 1.54) is 31.7 Å². The molecule has 43 heavy (non-hydrogen) atoms. The predicted molar refractivity (Wildman–Crippen MR) is 167 cm³/mol. The van der Waals surface area contributed by atoms with Gasteiger partial charge in [0, 0.05) is 37.0 Å². The van der Waals surface area contributed by atoms with Crippen LogP contribution in [0.1, 0.15) is 70.6 Å². The quantitative estimate of drug-likeness (QED) is 0.283. The fraction of sp³-hybridized carbons (Fsp3) is 0.438. The number of alkyl halides is 2. The van der Waals surface area contributed by atoms with Crippen molar-refractivity contribution < 1.29 is 27.5 Å². The van der Waals surface area contributed by atoms with E-state index in [2.05, 4.69) is 42.3 Å². The maximum atomic E-state index is 13.8. The maximum Gasteiger partial charge on any atom is 0.286 e. The first kappa shape index (κ1) is 36.9. The number of oxazole rings is 1. The Hall–Kier alpha value is -4.12. The fourth-order valence-corrected chi connectivity index (χ4v) is 3.46. The summed E-state index contributed by atoms with van der Waals surface area (Å²) in [5.41, 5.74) is 5.39. The van der Waals surface area contributed by atoms with Crippen LogP contribution >= 0.6 is 0 Å². The van der Waals surface area contributed by atoms with Gasteiger partial charge in [0.2, 0.25) is 11.8 Å². The van der Waals surface area contributed by atoms with Crippen LogP contribution in [-0.4, -0.2) is 59.0 Å². The lowest BCUT2D eigenvalue weighted by atomic mass is 10.1. The van der Waals surface area contributed by atoms with Gasteiger partial charge in [0.25, 0.3) is 11.8 Å². The Balaban J connectivity index is 0.000000813. The molecular formula is C32H45F2N5O4. The Labute approximate surface area is 253 Å². The molecule has 0 bridgehead atoms. The highest BCUT2D eigenvalue weighted by atomic mass is 19.3. The largest absolute Gasteiger partial charge is 0.494 e. The zero-order valence-electron chi connectivity index (χ0n) is 26.2. The second kappa shape index (κ2) is 17.7. The molecular weight excluding hydrogens is 556 g/mol. The van der Waals surface area contributed by atoms with Crippen LogP contribution in [0.3, 0.4) is 0 Å². The van der Waals surface area contributed by atoms with E-state index in [0.29, 0.717) is 29.8 Å². The number of carbonyl (C=O) groups is 2. The number of nitrogens with one attached hydrogen (secondary N) is 1. The maximum absolute atomic E-state index is 13.8. The van der Waals surface area contributed by atoms with Crippen LogP contribution in [0.5, 0.6) is 5.75 Å². The Morgan fingerprint density at radius 2 is 1.77 bits per heavy atom. The third-order valence-corrected chi connectivity index (χ3v) is 5.78. The van der Waals surface area contributed by atoms with E-state index in [0.717, 1.165) is 19.6 Å². The molecule has 0 spiro atoms. The molecule has 4 rings (SSSR count). The number of pyridine rings is 1. The molecule has 1 aliphatic rings. The van der Waals surface area contributed by atoms with Crippen LogP contribution in [0.2, 0.25) is 0 Å². The lowest BCUT2D eigenvalue weighted by molar-refractivity contribution is -0.135. The number of hydrogen-bond acceptors (Lipinski definition) is 7. The van der Waals surface area contributed by atoms with E-state index >= 15 is 0 Å². The van der Waals surface area contributed by atoms with Crippen molar-refractivity contribution in [2.24, 2.45) is 5.73 Å². The van der Waals surface area contributed by atoms with Crippen LogP contribution in [0.25, 0.3) is 22.4 Å². The molecule has 3 N–H and O–H groups in total. The Kier molecular flexibility index (Phi) is 15.2. The number of likely N-dealkylation sites (tertiary alicyclic amines) is 1. The van der Waals surface area contributed by atoms with Crippen molar-refractivity contribution in [2.45, 2.75) is 72.4 Å². The highest BCUT2D eigenvalue weighted by Crippen LogP contribution is 2.35. The molecule has 1 aromatic carbocycles. The molecule has 11 heteroatoms. The molecule has 9 nitrogen and oxygen atoms in total. The summed E-state index contributed by atoms with van der Waals surface area (Å²) >= 11 is 0. The average molecular weight is 602 g/mol. The number of halogens is 2. The predicted octanol–water partition coefficient (Wildman–Crippen LogP) is 6.49. The SMILES string of the molecule is C=C[C@@H](C)N.C=C[C@H](NC(=O)c1coc(-c2ccc(OC)c3nc(C(C)(F)F)ccc23)n1)C(=O)N1CCC1.CC.CCC. The van der Waals surface area contributed by atoms with Crippen LogP contribution in [0.4, 0.5) is 8.78 Å². The number of rotatable bonds is 8. The van der Waals surface area contributed by atoms with Gasteiger partial charge in [0.1, 0.15) is 29.3 Å². The van der Waals surface area contributed by atoms with Gasteiger partial charge in [-0.15, -0.1) is 13.2 Å². The number of fused-ring (bicyclic) bond motifs is 1. The molecule has 0 radical (unpaired) electrons. The molecule has 1 saturated heterocycles. The molecule has 1 fully saturated rings. The van der Waals surface area contributed by atoms with Crippen LogP contribution in [0, 0.1) is 0 Å². The minimum atomic E-state index is -3.13. The summed E-state index contributed by atoms with van der Waals surface area (Å²) in [7, 11) is 1.41. The summed E-state index contributed by atoms with van der Waals surface area (Å²) in [6.07, 6.45) is 6.40. The number of nitrogens with zero attached hydrogens (tertiary/aromatic N) is 3. The van der Waals surface area contributed by atoms with Gasteiger partial charge in [-0.2, -0.15) is 8.78 Å². The highest BCUT2D eigenvalue weighted by Gasteiger charge is 2.29. The molecule has 3 aromatic rings. The van der Waals surface area contributed by atoms with Gasteiger partial charge >= 0.3 is 0 Å². The smallest absolute Gasteiger partial charge is 0.286 e. The Bertz CT molecular complexity index is 1350. The summed E-state index contributed by atoms with van der Waals surface area (Å²) in [5, 5.41) is 3.06. The van der Waals surface area contributed by atoms with Gasteiger partial charge in [0.05, 0.1) is 7.11 Å². The summed E-state index contributed by atoms with van der Waals surface area (Å²) in [6, 6.07) is 5.17. The minimum absolute atomic E-state index is 0.0399. The zero-order chi connectivity index (χ0) is 32.7. The molecule has 0 saturated carbocycles. The second-order valence-electron chi connectivity index (χ2n) is 9.50. The van der Waals surface area contributed by atoms with Gasteiger partial charge in [-0.05, 0) is 37.6 Å². The summed E-state index contributed by atoms with van der Waals surface area (Å²) < 4.78 is 38.3. The Morgan fingerprint density at radius 1 is 1.16 bits per heavy atom. The van der Waals surface area contributed by atoms with Crippen molar-refractivity contribution in [3.05, 3.63) is 67.2 Å². The first-order chi connectivity index (χ1) is 20.4. The second-order valence-corrected chi connectivity index (χ2v) is 9.50. The van der Waals surface area contributed by atoms with Gasteiger partial charge < -0.3 is 25.1 Å². The average Bonchev–Trinajstić information content (AvgIpc) is 3.45. The molecule has 1 aliphatic heterocycles. The van der Waals surface area contributed by atoms with Gasteiger partial charge in [0.15, 0.2) is 5.69 Å². The van der Waals surface area contributed by atoms with Crippen molar-refractivity contribution >= 4 is 22.7 Å². The Morgan fingerprint density at radius 3 is 2.23 bits per heavy atom. The number of benzene rings is 1. The van der Waals surface area contributed by atoms with E-state index in [-0.39, 0.29) is 29.1 Å². The van der Waals surface area contributed by atoms with Crippen LogP contribution < -0.4 is 15.8 Å². The number of aromatic nitrogens is 2. The normalized spacial score (nSPS) is 13.3. The van der Waals surface area contributed by atoms with Crippen LogP contribution in [-0.2, 0) is 10.7 Å². The zero-order valence-corrected chi connectivity index (χ0v) is 26.2. The first-order valence-corrected chi connectivity index (χ1v) is 14.3. The fourth-order valence-electron chi connectivity index (χ4n) is 3.46. The number of ether oxygens (including phenoxy) is 1. The lowest BCUT2D eigenvalue weighted by Crippen LogP contribution is -2.52. The van der Waals surface area contributed by atoms with E-state index in [1.807, 2.05) is 20.8 Å². The first-order valence-electron chi connectivity index (χ1n) is 14.3. The van der Waals surface area contributed by atoms with Crippen molar-refractivity contribution in [1.82, 2.24) is 20.2 Å². The van der Waals surface area contributed by atoms with Gasteiger partial charge in [-0.1, -0.05) is 46.3 Å². The topological polar surface area (TPSA) is 124 Å². The molecule has 0 unspecified atom stereocenters. The molecule has 3 heterocycles. The third-order valence-electron chi connectivity index (χ3n) is 5.78. The number of hydrogen-bond donors (Lipinski definition) is 2. The molecule has 236 valence electrons. The van der Waals surface area contributed by atoms with Crippen molar-refractivity contribution in [3.8, 4) is 17.2 Å². The van der Waals surface area contributed by atoms with Crippen molar-refractivity contribution in [2.75, 3.05) is 20.2 Å². The standard InChI is InChI=1S/C23H22F2N4O4.C4H9N.C3H8.C2H6/c1-4-15(22(31)29-10-5-11-29)26-20(30)16-12-33-21(27-16)14-6-8-17(32-3)19-13(14)7-9-18(28-19)23(2,24)25;1-3-4(2)5;1-3-2;1-2/h4,6-9,12,15H,1,5,10-11H2,2-3H3,(H,26,30);3-4H,1,5H2,2H3;3H2,1-2H3;1-2H3/t15-;4-;;/m01../s1. The minimum Gasteiger partial charge on any atom is -0.494 e. The van der Waals surface area contributed by atoms with Crippen molar-refractivity contribution in [3.63, 3.8) is 0 Å². The van der Waals surface area contributed by atoms with E-state index < -0.39 is 23.6 Å². The number of nitrogens with two attached hydrogens (primary N) is 1. The number of amides is 2. The van der Waals surface area contributed by atoms with E-state index in [4.69, 9.17) is 14.9 Å². The molecule has 2 aromatic heterocycles. The van der Waals surface area contributed by atoms with E-state index in [9.17, 15) is 18.4 Å². The van der Waals surface area contributed by atoms with Crippen LogP contribution in [0.15, 0.2) is 60.3 Å². The van der Waals surface area contributed by atoms with Gasteiger partial charge in [-0.25, -0.2) is 9.97 Å².